The van der Waals surface area contributed by atoms with Gasteiger partial charge in [-0.3, -0.25) is 4.79 Å². The molecule has 0 aliphatic carbocycles. The molecule has 8 heteroatoms. The monoisotopic (exact) mass is 288 g/mol. The first-order valence-electron chi connectivity index (χ1n) is 5.67. The number of methoxy groups -OCH3 is 1. The zero-order valence-electron chi connectivity index (χ0n) is 10.7. The maximum atomic E-state index is 13.3. The van der Waals surface area contributed by atoms with Crippen LogP contribution >= 0.6 is 0 Å². The van der Waals surface area contributed by atoms with Gasteiger partial charge >= 0.3 is 12.0 Å². The number of urea groups is 1. The van der Waals surface area contributed by atoms with E-state index in [4.69, 9.17) is 9.84 Å². The molecule has 0 aliphatic heterocycles. The number of carboxylic acids is 1. The van der Waals surface area contributed by atoms with E-state index < -0.39 is 29.7 Å². The van der Waals surface area contributed by atoms with Crippen molar-refractivity contribution < 1.29 is 28.2 Å². The highest BCUT2D eigenvalue weighted by Crippen LogP contribution is 2.14. The van der Waals surface area contributed by atoms with Crippen molar-refractivity contribution in [1.82, 2.24) is 5.32 Å². The Hall–Kier alpha value is -2.22. The second kappa shape index (κ2) is 7.39. The fraction of sp³-hybridized carbons (Fsp3) is 0.333. The minimum Gasteiger partial charge on any atom is -0.481 e. The van der Waals surface area contributed by atoms with E-state index in [1.54, 1.807) is 0 Å². The number of hydrogen-bond acceptors (Lipinski definition) is 3. The van der Waals surface area contributed by atoms with Crippen molar-refractivity contribution >= 4 is 17.7 Å². The number of benzene rings is 1. The Morgan fingerprint density at radius 1 is 1.40 bits per heavy atom. The Bertz CT molecular complexity index is 496. The van der Waals surface area contributed by atoms with Gasteiger partial charge in [-0.05, 0) is 12.1 Å². The van der Waals surface area contributed by atoms with E-state index in [-0.39, 0.29) is 18.7 Å². The van der Waals surface area contributed by atoms with Crippen LogP contribution in [-0.2, 0) is 9.53 Å². The molecule has 110 valence electrons. The number of amides is 2. The Morgan fingerprint density at radius 2 is 2.10 bits per heavy atom. The molecule has 1 rings (SSSR count). The molecule has 0 radical (unpaired) electrons. The zero-order chi connectivity index (χ0) is 15.1. The molecule has 0 heterocycles. The molecule has 6 nitrogen and oxygen atoms in total. The summed E-state index contributed by atoms with van der Waals surface area (Å²) in [5.41, 5.74) is -0.310. The molecule has 3 N–H and O–H groups in total. The number of nitrogens with one attached hydrogen (secondary N) is 2. The highest BCUT2D eigenvalue weighted by Gasteiger charge is 2.14. The largest absolute Gasteiger partial charge is 0.481 e. The molecule has 0 aromatic heterocycles. The number of anilines is 1. The predicted octanol–water partition coefficient (Wildman–Crippen LogP) is 1.58. The number of rotatable bonds is 6. The molecule has 2 amide bonds. The Kier molecular flexibility index (Phi) is 5.85. The van der Waals surface area contributed by atoms with Crippen molar-refractivity contribution in [3.05, 3.63) is 29.8 Å². The van der Waals surface area contributed by atoms with Crippen molar-refractivity contribution in [2.45, 2.75) is 12.5 Å². The fourth-order valence-corrected chi connectivity index (χ4v) is 1.40. The standard InChI is InChI=1S/C12H14F2N2O4/c1-20-8(5-11(17)18)6-15-12(19)16-10-4-7(13)2-3-9(10)14/h2-4,8H,5-6H2,1H3,(H,17,18)(H2,15,16,19). The number of carbonyl (C=O) groups is 2. The summed E-state index contributed by atoms with van der Waals surface area (Å²) in [7, 11) is 1.30. The third-order valence-corrected chi connectivity index (χ3v) is 2.40. The molecule has 0 spiro atoms. The van der Waals surface area contributed by atoms with Crippen LogP contribution in [0.4, 0.5) is 19.3 Å². The summed E-state index contributed by atoms with van der Waals surface area (Å²) < 4.78 is 31.0. The van der Waals surface area contributed by atoms with Gasteiger partial charge in [0.2, 0.25) is 0 Å². The van der Waals surface area contributed by atoms with Crippen molar-refractivity contribution in [2.24, 2.45) is 0 Å². The minimum atomic E-state index is -1.07. The van der Waals surface area contributed by atoms with Gasteiger partial charge in [0.05, 0.1) is 18.2 Å². The van der Waals surface area contributed by atoms with Crippen LogP contribution in [0.25, 0.3) is 0 Å². The molecule has 1 aromatic rings. The molecule has 20 heavy (non-hydrogen) atoms. The van der Waals surface area contributed by atoms with Gasteiger partial charge in [0, 0.05) is 19.7 Å². The molecule has 0 saturated heterocycles. The van der Waals surface area contributed by atoms with Crippen molar-refractivity contribution in [3.8, 4) is 0 Å². The first-order chi connectivity index (χ1) is 9.42. The van der Waals surface area contributed by atoms with Crippen LogP contribution in [0.5, 0.6) is 0 Å². The second-order valence-corrected chi connectivity index (χ2v) is 3.91. The van der Waals surface area contributed by atoms with E-state index in [9.17, 15) is 18.4 Å². The summed E-state index contributed by atoms with van der Waals surface area (Å²) in [5.74, 6) is -2.55. The molecular weight excluding hydrogens is 274 g/mol. The number of carboxylic acid groups (broad SMARTS) is 1. The van der Waals surface area contributed by atoms with Gasteiger partial charge in [-0.2, -0.15) is 0 Å². The van der Waals surface area contributed by atoms with Gasteiger partial charge in [0.1, 0.15) is 11.6 Å². The Balaban J connectivity index is 2.51. The molecule has 0 fully saturated rings. The third kappa shape index (κ3) is 5.19. The average molecular weight is 288 g/mol. The summed E-state index contributed by atoms with van der Waals surface area (Å²) in [4.78, 5) is 22.0. The third-order valence-electron chi connectivity index (χ3n) is 2.40. The van der Waals surface area contributed by atoms with E-state index in [1.165, 1.54) is 7.11 Å². The lowest BCUT2D eigenvalue weighted by Gasteiger charge is -2.14. The predicted molar refractivity (Wildman–Crippen MR) is 66.4 cm³/mol. The smallest absolute Gasteiger partial charge is 0.319 e. The molecule has 0 aliphatic rings. The summed E-state index contributed by atoms with van der Waals surface area (Å²) in [6.07, 6.45) is -0.999. The van der Waals surface area contributed by atoms with Crippen LogP contribution in [0.15, 0.2) is 18.2 Å². The number of ether oxygens (including phenoxy) is 1. The number of hydrogen-bond donors (Lipinski definition) is 3. The molecular formula is C12H14F2N2O4. The summed E-state index contributed by atoms with van der Waals surface area (Å²) >= 11 is 0. The highest BCUT2D eigenvalue weighted by atomic mass is 19.1. The van der Waals surface area contributed by atoms with Gasteiger partial charge in [0.25, 0.3) is 0 Å². The summed E-state index contributed by atoms with van der Waals surface area (Å²) in [6.45, 7) is -0.0778. The quantitative estimate of drug-likeness (QED) is 0.741. The van der Waals surface area contributed by atoms with Crippen LogP contribution in [0.1, 0.15) is 6.42 Å². The maximum Gasteiger partial charge on any atom is 0.319 e. The first-order valence-corrected chi connectivity index (χ1v) is 5.67. The van der Waals surface area contributed by atoms with Crippen molar-refractivity contribution in [1.29, 1.82) is 0 Å². The van der Waals surface area contributed by atoms with Crippen LogP contribution in [0.3, 0.4) is 0 Å². The summed E-state index contributed by atoms with van der Waals surface area (Å²) in [6, 6.07) is 1.85. The lowest BCUT2D eigenvalue weighted by atomic mass is 10.2. The van der Waals surface area contributed by atoms with E-state index in [0.717, 1.165) is 18.2 Å². The van der Waals surface area contributed by atoms with E-state index >= 15 is 0 Å². The Labute approximate surface area is 113 Å². The molecule has 1 aromatic carbocycles. The van der Waals surface area contributed by atoms with E-state index in [2.05, 4.69) is 10.6 Å². The number of halogens is 2. The highest BCUT2D eigenvalue weighted by molar-refractivity contribution is 5.89. The molecule has 0 saturated carbocycles. The van der Waals surface area contributed by atoms with Gasteiger partial charge in [0.15, 0.2) is 0 Å². The summed E-state index contributed by atoms with van der Waals surface area (Å²) in [5, 5.41) is 13.0. The lowest BCUT2D eigenvalue weighted by Crippen LogP contribution is -2.37. The van der Waals surface area contributed by atoms with E-state index in [0.29, 0.717) is 0 Å². The van der Waals surface area contributed by atoms with Gasteiger partial charge < -0.3 is 20.5 Å². The van der Waals surface area contributed by atoms with Crippen molar-refractivity contribution in [3.63, 3.8) is 0 Å². The van der Waals surface area contributed by atoms with Gasteiger partial charge in [-0.15, -0.1) is 0 Å². The van der Waals surface area contributed by atoms with Gasteiger partial charge in [-0.1, -0.05) is 0 Å². The van der Waals surface area contributed by atoms with Crippen LogP contribution in [0.2, 0.25) is 0 Å². The average Bonchev–Trinajstić information content (AvgIpc) is 2.38. The van der Waals surface area contributed by atoms with Crippen molar-refractivity contribution in [2.75, 3.05) is 19.0 Å². The molecule has 1 atom stereocenters. The first kappa shape index (κ1) is 15.8. The zero-order valence-corrected chi connectivity index (χ0v) is 10.7. The van der Waals surface area contributed by atoms with Crippen LogP contribution < -0.4 is 10.6 Å². The normalized spacial score (nSPS) is 11.8. The number of aliphatic carboxylic acids is 1. The SMILES string of the molecule is COC(CNC(=O)Nc1cc(F)ccc1F)CC(=O)O. The maximum absolute atomic E-state index is 13.3. The molecule has 0 bridgehead atoms. The van der Waals surface area contributed by atoms with E-state index in [1.807, 2.05) is 0 Å². The van der Waals surface area contributed by atoms with Crippen LogP contribution in [0, 0.1) is 11.6 Å². The second-order valence-electron chi connectivity index (χ2n) is 3.91. The van der Waals surface area contributed by atoms with Crippen LogP contribution in [-0.4, -0.2) is 36.9 Å². The number of carbonyl (C=O) groups excluding carboxylic acids is 1. The topological polar surface area (TPSA) is 87.7 Å². The minimum absolute atomic E-state index is 0.0778. The molecule has 1 unspecified atom stereocenters. The Morgan fingerprint density at radius 3 is 2.70 bits per heavy atom. The van der Waals surface area contributed by atoms with Gasteiger partial charge in [-0.25, -0.2) is 13.6 Å². The fourth-order valence-electron chi connectivity index (χ4n) is 1.40. The lowest BCUT2D eigenvalue weighted by molar-refractivity contribution is -0.139.